The zero-order valence-electron chi connectivity index (χ0n) is 12.3. The van der Waals surface area contributed by atoms with Crippen LogP contribution in [0, 0.1) is 12.8 Å². The van der Waals surface area contributed by atoms with Crippen molar-refractivity contribution in [2.75, 3.05) is 27.2 Å². The van der Waals surface area contributed by atoms with Crippen LogP contribution in [0.3, 0.4) is 0 Å². The van der Waals surface area contributed by atoms with E-state index in [1.807, 2.05) is 0 Å². The molecular formula is C16H26N2. The van der Waals surface area contributed by atoms with Gasteiger partial charge < -0.3 is 10.2 Å². The van der Waals surface area contributed by atoms with Gasteiger partial charge in [0.25, 0.3) is 0 Å². The average molecular weight is 246 g/mol. The summed E-state index contributed by atoms with van der Waals surface area (Å²) in [6.45, 7) is 9.07. The van der Waals surface area contributed by atoms with Crippen molar-refractivity contribution in [3.05, 3.63) is 34.9 Å². The maximum Gasteiger partial charge on any atom is 0.0397 e. The van der Waals surface area contributed by atoms with Crippen molar-refractivity contribution in [2.45, 2.75) is 32.7 Å². The van der Waals surface area contributed by atoms with Crippen molar-refractivity contribution < 1.29 is 0 Å². The van der Waals surface area contributed by atoms with Crippen LogP contribution in [-0.4, -0.2) is 32.1 Å². The number of nitrogens with zero attached hydrogens (tertiary/aromatic N) is 1. The Labute approximate surface area is 111 Å². The van der Waals surface area contributed by atoms with Gasteiger partial charge in [-0.15, -0.1) is 0 Å². The van der Waals surface area contributed by atoms with Crippen molar-refractivity contribution in [1.82, 2.24) is 10.2 Å². The number of hydrogen-bond donors (Lipinski definition) is 1. The number of hydrogen-bond acceptors (Lipinski definition) is 2. The molecule has 0 amide bonds. The topological polar surface area (TPSA) is 15.3 Å². The standard InChI is InChI=1S/C16H26N2/c1-11(2)13-7-6-12(3)15(8-13)16(18(4)5)14-9-17-10-14/h6-8,11,14,16-17H,9-10H2,1-5H3. The lowest BCUT2D eigenvalue weighted by atomic mass is 9.84. The van der Waals surface area contributed by atoms with Gasteiger partial charge in [0.2, 0.25) is 0 Å². The molecule has 0 aromatic heterocycles. The van der Waals surface area contributed by atoms with E-state index in [4.69, 9.17) is 0 Å². The lowest BCUT2D eigenvalue weighted by Gasteiger charge is -2.39. The molecule has 1 N–H and O–H groups in total. The summed E-state index contributed by atoms with van der Waals surface area (Å²) in [5.74, 6) is 1.35. The third-order valence-electron chi connectivity index (χ3n) is 4.10. The Morgan fingerprint density at radius 2 is 1.89 bits per heavy atom. The van der Waals surface area contributed by atoms with Crippen LogP contribution in [0.15, 0.2) is 18.2 Å². The molecular weight excluding hydrogens is 220 g/mol. The molecule has 1 aromatic rings. The minimum absolute atomic E-state index is 0.546. The largest absolute Gasteiger partial charge is 0.316 e. The summed E-state index contributed by atoms with van der Waals surface area (Å²) >= 11 is 0. The van der Waals surface area contributed by atoms with Crippen LogP contribution in [0.25, 0.3) is 0 Å². The van der Waals surface area contributed by atoms with Crippen LogP contribution in [0.2, 0.25) is 0 Å². The lowest BCUT2D eigenvalue weighted by molar-refractivity contribution is 0.160. The van der Waals surface area contributed by atoms with Crippen LogP contribution < -0.4 is 5.32 Å². The van der Waals surface area contributed by atoms with E-state index in [-0.39, 0.29) is 0 Å². The summed E-state index contributed by atoms with van der Waals surface area (Å²) in [6, 6.07) is 7.52. The highest BCUT2D eigenvalue weighted by Crippen LogP contribution is 2.33. The van der Waals surface area contributed by atoms with Gasteiger partial charge >= 0.3 is 0 Å². The normalized spacial score (nSPS) is 18.2. The molecule has 100 valence electrons. The van der Waals surface area contributed by atoms with Crippen molar-refractivity contribution in [2.24, 2.45) is 5.92 Å². The predicted molar refractivity (Wildman–Crippen MR) is 78.1 cm³/mol. The Hall–Kier alpha value is -0.860. The van der Waals surface area contributed by atoms with Crippen LogP contribution in [-0.2, 0) is 0 Å². The van der Waals surface area contributed by atoms with Crippen molar-refractivity contribution in [1.29, 1.82) is 0 Å². The van der Waals surface area contributed by atoms with Gasteiger partial charge in [-0.2, -0.15) is 0 Å². The first kappa shape index (κ1) is 13.6. The fourth-order valence-electron chi connectivity index (χ4n) is 2.82. The van der Waals surface area contributed by atoms with Crippen molar-refractivity contribution >= 4 is 0 Å². The van der Waals surface area contributed by atoms with Gasteiger partial charge in [-0.05, 0) is 43.6 Å². The van der Waals surface area contributed by atoms with Crippen LogP contribution in [0.4, 0.5) is 0 Å². The smallest absolute Gasteiger partial charge is 0.0397 e. The van der Waals surface area contributed by atoms with Gasteiger partial charge in [-0.1, -0.05) is 32.0 Å². The van der Waals surface area contributed by atoms with E-state index in [1.165, 1.54) is 16.7 Å². The summed E-state index contributed by atoms with van der Waals surface area (Å²) in [5, 5.41) is 3.40. The fraction of sp³-hybridized carbons (Fsp3) is 0.625. The van der Waals surface area contributed by atoms with E-state index in [9.17, 15) is 0 Å². The van der Waals surface area contributed by atoms with Gasteiger partial charge in [-0.25, -0.2) is 0 Å². The maximum absolute atomic E-state index is 3.40. The van der Waals surface area contributed by atoms with Crippen LogP contribution >= 0.6 is 0 Å². The fourth-order valence-corrected chi connectivity index (χ4v) is 2.82. The Morgan fingerprint density at radius 1 is 1.22 bits per heavy atom. The van der Waals surface area contributed by atoms with Crippen LogP contribution in [0.1, 0.15) is 42.5 Å². The van der Waals surface area contributed by atoms with E-state index in [1.54, 1.807) is 0 Å². The monoisotopic (exact) mass is 246 g/mol. The molecule has 2 nitrogen and oxygen atoms in total. The molecule has 18 heavy (non-hydrogen) atoms. The highest BCUT2D eigenvalue weighted by atomic mass is 15.1. The predicted octanol–water partition coefficient (Wildman–Crippen LogP) is 2.94. The zero-order chi connectivity index (χ0) is 13.3. The van der Waals surface area contributed by atoms with Crippen LogP contribution in [0.5, 0.6) is 0 Å². The molecule has 1 aliphatic rings. The minimum Gasteiger partial charge on any atom is -0.316 e. The Kier molecular flexibility index (Phi) is 4.08. The second-order valence-electron chi connectivity index (χ2n) is 6.10. The lowest BCUT2D eigenvalue weighted by Crippen LogP contribution is -2.48. The van der Waals surface area contributed by atoms with Gasteiger partial charge in [0, 0.05) is 25.0 Å². The second kappa shape index (κ2) is 5.41. The molecule has 0 bridgehead atoms. The van der Waals surface area contributed by atoms with Crippen molar-refractivity contribution in [3.8, 4) is 0 Å². The summed E-state index contributed by atoms with van der Waals surface area (Å²) in [4.78, 5) is 2.37. The number of aryl methyl sites for hydroxylation is 1. The molecule has 1 fully saturated rings. The molecule has 2 heteroatoms. The number of nitrogens with one attached hydrogen (secondary N) is 1. The average Bonchev–Trinajstić information content (AvgIpc) is 2.23. The first-order valence-corrected chi connectivity index (χ1v) is 6.98. The molecule has 1 unspecified atom stereocenters. The van der Waals surface area contributed by atoms with Crippen molar-refractivity contribution in [3.63, 3.8) is 0 Å². The molecule has 0 aliphatic carbocycles. The molecule has 1 heterocycles. The molecule has 1 aliphatic heterocycles. The van der Waals surface area contributed by atoms with E-state index in [2.05, 4.69) is 63.3 Å². The minimum atomic E-state index is 0.546. The van der Waals surface area contributed by atoms with E-state index < -0.39 is 0 Å². The van der Waals surface area contributed by atoms with Gasteiger partial charge in [-0.3, -0.25) is 0 Å². The molecule has 0 spiro atoms. The maximum atomic E-state index is 3.40. The number of rotatable bonds is 4. The highest BCUT2D eigenvalue weighted by Gasteiger charge is 2.30. The first-order chi connectivity index (χ1) is 8.50. The third-order valence-corrected chi connectivity index (χ3v) is 4.10. The SMILES string of the molecule is Cc1ccc(C(C)C)cc1C(C1CNC1)N(C)C. The Morgan fingerprint density at radius 3 is 2.33 bits per heavy atom. The molecule has 0 radical (unpaired) electrons. The molecule has 1 saturated heterocycles. The Balaban J connectivity index is 2.36. The summed E-state index contributed by atoms with van der Waals surface area (Å²) < 4.78 is 0. The Bertz CT molecular complexity index is 406. The molecule has 0 saturated carbocycles. The summed E-state index contributed by atoms with van der Waals surface area (Å²) in [5.41, 5.74) is 4.39. The molecule has 1 atom stereocenters. The third kappa shape index (κ3) is 2.60. The zero-order valence-corrected chi connectivity index (χ0v) is 12.3. The van der Waals surface area contributed by atoms with E-state index in [0.29, 0.717) is 12.0 Å². The number of benzene rings is 1. The quantitative estimate of drug-likeness (QED) is 0.878. The highest BCUT2D eigenvalue weighted by molar-refractivity contribution is 5.35. The first-order valence-electron chi connectivity index (χ1n) is 6.98. The van der Waals surface area contributed by atoms with Gasteiger partial charge in [0.05, 0.1) is 0 Å². The molecule has 1 aromatic carbocycles. The van der Waals surface area contributed by atoms with E-state index in [0.717, 1.165) is 19.0 Å². The molecule has 2 rings (SSSR count). The van der Waals surface area contributed by atoms with E-state index >= 15 is 0 Å². The summed E-state index contributed by atoms with van der Waals surface area (Å²) in [6.07, 6.45) is 0. The van der Waals surface area contributed by atoms with Gasteiger partial charge in [0.15, 0.2) is 0 Å². The summed E-state index contributed by atoms with van der Waals surface area (Å²) in [7, 11) is 4.40. The second-order valence-corrected chi connectivity index (χ2v) is 6.10. The van der Waals surface area contributed by atoms with Gasteiger partial charge in [0.1, 0.15) is 0 Å².